The van der Waals surface area contributed by atoms with Crippen LogP contribution in [0.15, 0.2) is 67.0 Å². The van der Waals surface area contributed by atoms with Crippen LogP contribution in [0.2, 0.25) is 0 Å². The van der Waals surface area contributed by atoms with Crippen LogP contribution in [-0.2, 0) is 0 Å². The maximum Gasteiger partial charge on any atom is 0.181 e. The maximum absolute atomic E-state index is 12.1. The molecule has 0 fully saturated rings. The van der Waals surface area contributed by atoms with Crippen LogP contribution >= 0.6 is 0 Å². The number of rotatable bonds is 6. The molecule has 0 saturated heterocycles. The molecular formula is C19H15N3O2. The first-order chi connectivity index (χ1) is 11.8. The first-order valence-corrected chi connectivity index (χ1v) is 7.46. The van der Waals surface area contributed by atoms with Crippen molar-refractivity contribution in [1.29, 1.82) is 0 Å². The molecule has 2 aromatic carbocycles. The summed E-state index contributed by atoms with van der Waals surface area (Å²) in [7, 11) is 0. The van der Waals surface area contributed by atoms with E-state index < -0.39 is 0 Å². The van der Waals surface area contributed by atoms with Gasteiger partial charge in [0.2, 0.25) is 0 Å². The number of anilines is 1. The van der Waals surface area contributed by atoms with E-state index in [0.717, 1.165) is 11.8 Å². The monoisotopic (exact) mass is 317 g/mol. The van der Waals surface area contributed by atoms with Crippen molar-refractivity contribution in [2.45, 2.75) is 0 Å². The minimum Gasteiger partial charge on any atom is -0.362 e. The van der Waals surface area contributed by atoms with Gasteiger partial charge in [-0.05, 0) is 6.07 Å². The van der Waals surface area contributed by atoms with E-state index in [2.05, 4.69) is 15.3 Å². The molecule has 24 heavy (non-hydrogen) atoms. The topological polar surface area (TPSA) is 72.0 Å². The van der Waals surface area contributed by atoms with E-state index in [0.29, 0.717) is 22.6 Å². The predicted molar refractivity (Wildman–Crippen MR) is 92.1 cm³/mol. The third-order valence-corrected chi connectivity index (χ3v) is 3.51. The number of carbonyl (C=O) groups excluding carboxylic acids is 2. The fourth-order valence-electron chi connectivity index (χ4n) is 2.28. The molecule has 1 N–H and O–H groups in total. The standard InChI is InChI=1S/C19H15N3O2/c23-12-14-5-4-8-16(9-14)17-10-19(22-13-21-17)20-11-18(24)15-6-2-1-3-7-15/h1-10,12-13H,11H2,(H,20,21,22). The van der Waals surface area contributed by atoms with E-state index in [4.69, 9.17) is 0 Å². The molecule has 0 aliphatic heterocycles. The minimum absolute atomic E-state index is 0.0151. The number of nitrogens with zero attached hydrogens (tertiary/aromatic N) is 2. The van der Waals surface area contributed by atoms with E-state index in [9.17, 15) is 9.59 Å². The Bertz CT molecular complexity index is 863. The molecule has 0 radical (unpaired) electrons. The molecule has 5 nitrogen and oxygen atoms in total. The van der Waals surface area contributed by atoms with E-state index in [-0.39, 0.29) is 12.3 Å². The largest absolute Gasteiger partial charge is 0.362 e. The summed E-state index contributed by atoms with van der Waals surface area (Å²) in [5, 5.41) is 3.01. The Labute approximate surface area is 139 Å². The van der Waals surface area contributed by atoms with Crippen molar-refractivity contribution in [2.24, 2.45) is 0 Å². The van der Waals surface area contributed by atoms with Gasteiger partial charge in [0.15, 0.2) is 5.78 Å². The summed E-state index contributed by atoms with van der Waals surface area (Å²) in [5.41, 5.74) is 2.74. The molecule has 0 saturated carbocycles. The van der Waals surface area contributed by atoms with Gasteiger partial charge in [-0.3, -0.25) is 9.59 Å². The van der Waals surface area contributed by atoms with Crippen LogP contribution in [-0.4, -0.2) is 28.6 Å². The highest BCUT2D eigenvalue weighted by atomic mass is 16.1. The summed E-state index contributed by atoms with van der Waals surface area (Å²) < 4.78 is 0. The molecule has 3 aromatic rings. The smallest absolute Gasteiger partial charge is 0.181 e. The summed E-state index contributed by atoms with van der Waals surface area (Å²) >= 11 is 0. The molecule has 1 aromatic heterocycles. The van der Waals surface area contributed by atoms with E-state index in [1.807, 2.05) is 24.3 Å². The third kappa shape index (κ3) is 3.70. The molecule has 5 heteroatoms. The highest BCUT2D eigenvalue weighted by Gasteiger charge is 2.07. The van der Waals surface area contributed by atoms with Gasteiger partial charge in [-0.25, -0.2) is 9.97 Å². The number of carbonyl (C=O) groups is 2. The Hall–Kier alpha value is -3.34. The molecule has 0 atom stereocenters. The summed E-state index contributed by atoms with van der Waals surface area (Å²) in [6, 6.07) is 18.0. The van der Waals surface area contributed by atoms with Crippen LogP contribution in [0, 0.1) is 0 Å². The highest BCUT2D eigenvalue weighted by Crippen LogP contribution is 2.19. The lowest BCUT2D eigenvalue weighted by molar-refractivity contribution is 0.101. The summed E-state index contributed by atoms with van der Waals surface area (Å²) in [6.07, 6.45) is 2.22. The van der Waals surface area contributed by atoms with Gasteiger partial charge in [-0.1, -0.05) is 48.5 Å². The van der Waals surface area contributed by atoms with Gasteiger partial charge >= 0.3 is 0 Å². The lowest BCUT2D eigenvalue weighted by Gasteiger charge is -2.07. The number of hydrogen-bond acceptors (Lipinski definition) is 5. The average Bonchev–Trinajstić information content (AvgIpc) is 2.67. The van der Waals surface area contributed by atoms with Crippen molar-refractivity contribution in [2.75, 3.05) is 11.9 Å². The molecular weight excluding hydrogens is 302 g/mol. The van der Waals surface area contributed by atoms with Crippen molar-refractivity contribution in [3.63, 3.8) is 0 Å². The van der Waals surface area contributed by atoms with Gasteiger partial charge in [0.25, 0.3) is 0 Å². The molecule has 0 unspecified atom stereocenters. The lowest BCUT2D eigenvalue weighted by Crippen LogP contribution is -2.14. The van der Waals surface area contributed by atoms with Crippen LogP contribution in [0.25, 0.3) is 11.3 Å². The highest BCUT2D eigenvalue weighted by molar-refractivity contribution is 5.98. The van der Waals surface area contributed by atoms with Gasteiger partial charge in [0.1, 0.15) is 18.4 Å². The number of aromatic nitrogens is 2. The van der Waals surface area contributed by atoms with Crippen molar-refractivity contribution in [3.05, 3.63) is 78.1 Å². The second kappa shape index (κ2) is 7.28. The Balaban J connectivity index is 1.73. The predicted octanol–water partition coefficient (Wildman–Crippen LogP) is 3.25. The zero-order valence-corrected chi connectivity index (χ0v) is 12.8. The van der Waals surface area contributed by atoms with Crippen molar-refractivity contribution in [1.82, 2.24) is 9.97 Å². The molecule has 118 valence electrons. The van der Waals surface area contributed by atoms with Crippen molar-refractivity contribution in [3.8, 4) is 11.3 Å². The fourth-order valence-corrected chi connectivity index (χ4v) is 2.28. The quantitative estimate of drug-likeness (QED) is 0.558. The molecule has 0 bridgehead atoms. The van der Waals surface area contributed by atoms with Crippen LogP contribution in [0.1, 0.15) is 20.7 Å². The van der Waals surface area contributed by atoms with Crippen LogP contribution < -0.4 is 5.32 Å². The summed E-state index contributed by atoms with van der Waals surface area (Å²) in [5.74, 6) is 0.541. The number of Topliss-reactive ketones (excluding diaryl/α,β-unsaturated/α-hetero) is 1. The van der Waals surface area contributed by atoms with Crippen LogP contribution in [0.5, 0.6) is 0 Å². The molecule has 0 aliphatic rings. The van der Waals surface area contributed by atoms with Gasteiger partial charge < -0.3 is 5.32 Å². The molecule has 0 spiro atoms. The Morgan fingerprint density at radius 2 is 1.83 bits per heavy atom. The zero-order chi connectivity index (χ0) is 16.8. The number of nitrogens with one attached hydrogen (secondary N) is 1. The number of aldehydes is 1. The van der Waals surface area contributed by atoms with Gasteiger partial charge in [-0.15, -0.1) is 0 Å². The SMILES string of the molecule is O=Cc1cccc(-c2cc(NCC(=O)c3ccccc3)ncn2)c1. The normalized spacial score (nSPS) is 10.2. The van der Waals surface area contributed by atoms with E-state index in [1.165, 1.54) is 6.33 Å². The van der Waals surface area contributed by atoms with Gasteiger partial charge in [0, 0.05) is 22.8 Å². The molecule has 3 rings (SSSR count). The van der Waals surface area contributed by atoms with E-state index >= 15 is 0 Å². The van der Waals surface area contributed by atoms with Crippen LogP contribution in [0.4, 0.5) is 5.82 Å². The van der Waals surface area contributed by atoms with Crippen molar-refractivity contribution < 1.29 is 9.59 Å². The van der Waals surface area contributed by atoms with Gasteiger partial charge in [0.05, 0.1) is 12.2 Å². The fraction of sp³-hybridized carbons (Fsp3) is 0.0526. The maximum atomic E-state index is 12.1. The summed E-state index contributed by atoms with van der Waals surface area (Å²) in [4.78, 5) is 31.3. The zero-order valence-electron chi connectivity index (χ0n) is 12.8. The Kier molecular flexibility index (Phi) is 4.72. The number of ketones is 1. The second-order valence-corrected chi connectivity index (χ2v) is 5.17. The number of benzene rings is 2. The molecule has 0 amide bonds. The van der Waals surface area contributed by atoms with Gasteiger partial charge in [-0.2, -0.15) is 0 Å². The van der Waals surface area contributed by atoms with Crippen molar-refractivity contribution >= 4 is 17.9 Å². The van der Waals surface area contributed by atoms with Crippen LogP contribution in [0.3, 0.4) is 0 Å². The second-order valence-electron chi connectivity index (χ2n) is 5.17. The first-order valence-electron chi connectivity index (χ1n) is 7.46. The number of hydrogen-bond donors (Lipinski definition) is 1. The molecule has 1 heterocycles. The minimum atomic E-state index is -0.0151. The Morgan fingerprint density at radius 3 is 2.62 bits per heavy atom. The average molecular weight is 317 g/mol. The summed E-state index contributed by atoms with van der Waals surface area (Å²) in [6.45, 7) is 0.148. The Morgan fingerprint density at radius 1 is 1.00 bits per heavy atom. The third-order valence-electron chi connectivity index (χ3n) is 3.51. The lowest BCUT2D eigenvalue weighted by atomic mass is 10.1. The first kappa shape index (κ1) is 15.6. The molecule has 0 aliphatic carbocycles. The van der Waals surface area contributed by atoms with E-state index in [1.54, 1.807) is 36.4 Å².